The van der Waals surface area contributed by atoms with Gasteiger partial charge in [0.2, 0.25) is 0 Å². The summed E-state index contributed by atoms with van der Waals surface area (Å²) in [7, 11) is 2.72. The Morgan fingerprint density at radius 2 is 1.84 bits per heavy atom. The lowest BCUT2D eigenvalue weighted by atomic mass is 10.1. The van der Waals surface area contributed by atoms with E-state index in [1.54, 1.807) is 0 Å². The molecular weight excluding hydrogens is 258 g/mol. The highest BCUT2D eigenvalue weighted by molar-refractivity contribution is 5.77. The summed E-state index contributed by atoms with van der Waals surface area (Å²) in [5.74, 6) is 0. The molecule has 0 aromatic rings. The van der Waals surface area contributed by atoms with Crippen LogP contribution in [0.5, 0.6) is 0 Å². The van der Waals surface area contributed by atoms with Crippen LogP contribution in [0.1, 0.15) is 19.8 Å². The van der Waals surface area contributed by atoms with Gasteiger partial charge in [-0.25, -0.2) is 13.6 Å². The van der Waals surface area contributed by atoms with Crippen molar-refractivity contribution in [1.29, 1.82) is 0 Å². The summed E-state index contributed by atoms with van der Waals surface area (Å²) >= 11 is 0. The molecule has 112 valence electrons. The summed E-state index contributed by atoms with van der Waals surface area (Å²) in [6.07, 6.45) is -1.67. The monoisotopic (exact) mass is 280 g/mol. The number of hydrogen-bond acceptors (Lipinski definition) is 3. The van der Waals surface area contributed by atoms with Crippen LogP contribution < -0.4 is 0 Å². The maximum absolute atomic E-state index is 14.0. The number of carbonyl (C=O) groups excluding carboxylic acids is 1. The Bertz CT molecular complexity index is 294. The molecule has 3 atom stereocenters. The van der Waals surface area contributed by atoms with E-state index in [1.165, 1.54) is 14.2 Å². The Morgan fingerprint density at radius 3 is 2.37 bits per heavy atom. The van der Waals surface area contributed by atoms with E-state index in [9.17, 15) is 13.6 Å². The van der Waals surface area contributed by atoms with Crippen LogP contribution in [-0.2, 0) is 9.47 Å². The first-order valence-corrected chi connectivity index (χ1v) is 6.41. The number of urea groups is 1. The van der Waals surface area contributed by atoms with E-state index in [2.05, 4.69) is 0 Å². The van der Waals surface area contributed by atoms with E-state index in [-0.39, 0.29) is 25.8 Å². The lowest BCUT2D eigenvalue weighted by Crippen LogP contribution is -2.44. The molecule has 0 aromatic heterocycles. The van der Waals surface area contributed by atoms with E-state index < -0.39 is 18.6 Å². The summed E-state index contributed by atoms with van der Waals surface area (Å²) in [5.41, 5.74) is 0. The Morgan fingerprint density at radius 1 is 1.26 bits per heavy atom. The van der Waals surface area contributed by atoms with Gasteiger partial charge in [-0.15, -0.1) is 0 Å². The largest absolute Gasteiger partial charge is 0.380 e. The number of methoxy groups -OCH3 is 2. The zero-order valence-corrected chi connectivity index (χ0v) is 11.6. The van der Waals surface area contributed by atoms with Crippen molar-refractivity contribution in [3.63, 3.8) is 0 Å². The van der Waals surface area contributed by atoms with Crippen LogP contribution >= 0.6 is 0 Å². The molecule has 0 N–H and O–H groups in total. The lowest BCUT2D eigenvalue weighted by Gasteiger charge is -2.26. The molecule has 3 unspecified atom stereocenters. The number of hydrogen-bond donors (Lipinski definition) is 0. The molecule has 0 aliphatic carbocycles. The molecule has 0 saturated carbocycles. The summed E-state index contributed by atoms with van der Waals surface area (Å²) in [6, 6.07) is -0.953. The van der Waals surface area contributed by atoms with Gasteiger partial charge in [0, 0.05) is 20.8 Å². The molecule has 2 amide bonds. The molecule has 1 fully saturated rings. The van der Waals surface area contributed by atoms with Crippen LogP contribution in [0.25, 0.3) is 0 Å². The molecule has 0 bridgehead atoms. The van der Waals surface area contributed by atoms with Gasteiger partial charge in [-0.05, 0) is 6.42 Å². The maximum atomic E-state index is 14.0. The van der Waals surface area contributed by atoms with Crippen LogP contribution in [0.15, 0.2) is 0 Å². The summed E-state index contributed by atoms with van der Waals surface area (Å²) in [5, 5.41) is 0. The highest BCUT2D eigenvalue weighted by Crippen LogP contribution is 2.25. The number of rotatable bonds is 8. The summed E-state index contributed by atoms with van der Waals surface area (Å²) in [4.78, 5) is 14.2. The number of carbonyl (C=O) groups is 1. The molecule has 1 aliphatic rings. The highest BCUT2D eigenvalue weighted by Gasteiger charge is 2.43. The molecule has 19 heavy (non-hydrogen) atoms. The molecule has 1 saturated heterocycles. The van der Waals surface area contributed by atoms with Crippen LogP contribution in [0.2, 0.25) is 0 Å². The molecule has 1 aliphatic heterocycles. The van der Waals surface area contributed by atoms with Gasteiger partial charge in [0.05, 0.1) is 19.3 Å². The van der Waals surface area contributed by atoms with E-state index in [0.717, 1.165) is 16.2 Å². The number of amides is 2. The third-order valence-electron chi connectivity index (χ3n) is 3.14. The molecule has 0 aromatic carbocycles. The molecule has 7 heteroatoms. The van der Waals surface area contributed by atoms with Crippen molar-refractivity contribution >= 4 is 6.03 Å². The van der Waals surface area contributed by atoms with Crippen LogP contribution in [0.3, 0.4) is 0 Å². The van der Waals surface area contributed by atoms with Crippen LogP contribution in [0.4, 0.5) is 13.6 Å². The standard InChI is InChI=1S/C12H22F2N2O3/c1-4-5-9-6-15(10(13)7-18-2)12(17)16(9)11(14)8-19-3/h9-11H,4-8H2,1-3H3. The zero-order chi connectivity index (χ0) is 14.4. The minimum Gasteiger partial charge on any atom is -0.380 e. The Hall–Kier alpha value is -0.950. The normalized spacial score (nSPS) is 23.0. The fraction of sp³-hybridized carbons (Fsp3) is 0.917. The maximum Gasteiger partial charge on any atom is 0.325 e. The first-order valence-electron chi connectivity index (χ1n) is 6.41. The summed E-state index contributed by atoms with van der Waals surface area (Å²) in [6.45, 7) is 1.71. The van der Waals surface area contributed by atoms with Crippen molar-refractivity contribution in [2.45, 2.75) is 38.4 Å². The number of nitrogens with zero attached hydrogens (tertiary/aromatic N) is 2. The van der Waals surface area contributed by atoms with E-state index in [1.807, 2.05) is 6.92 Å². The van der Waals surface area contributed by atoms with Gasteiger partial charge in [0.1, 0.15) is 0 Å². The fourth-order valence-electron chi connectivity index (χ4n) is 2.29. The second-order valence-corrected chi connectivity index (χ2v) is 4.56. The minimum atomic E-state index is -1.55. The van der Waals surface area contributed by atoms with Crippen molar-refractivity contribution in [1.82, 2.24) is 9.80 Å². The van der Waals surface area contributed by atoms with Gasteiger partial charge < -0.3 is 9.47 Å². The van der Waals surface area contributed by atoms with Gasteiger partial charge in [-0.3, -0.25) is 9.80 Å². The quantitative estimate of drug-likeness (QED) is 0.636. The van der Waals surface area contributed by atoms with E-state index >= 15 is 0 Å². The number of ether oxygens (including phenoxy) is 2. The van der Waals surface area contributed by atoms with Crippen molar-refractivity contribution in [3.05, 3.63) is 0 Å². The zero-order valence-electron chi connectivity index (χ0n) is 11.6. The first kappa shape index (κ1) is 16.1. The smallest absolute Gasteiger partial charge is 0.325 e. The predicted octanol–water partition coefficient (Wildman–Crippen LogP) is 1.78. The fourth-order valence-corrected chi connectivity index (χ4v) is 2.29. The average Bonchev–Trinajstić information content (AvgIpc) is 2.67. The molecule has 5 nitrogen and oxygen atoms in total. The van der Waals surface area contributed by atoms with Crippen LogP contribution in [-0.4, -0.2) is 68.4 Å². The lowest BCUT2D eigenvalue weighted by molar-refractivity contribution is 0.0183. The number of halogens is 2. The second kappa shape index (κ2) is 7.59. The number of alkyl halides is 2. The third-order valence-corrected chi connectivity index (χ3v) is 3.14. The average molecular weight is 280 g/mol. The van der Waals surface area contributed by atoms with E-state index in [4.69, 9.17) is 9.47 Å². The third kappa shape index (κ3) is 3.76. The highest BCUT2D eigenvalue weighted by atomic mass is 19.1. The topological polar surface area (TPSA) is 42.0 Å². The Labute approximate surface area is 112 Å². The van der Waals surface area contributed by atoms with Gasteiger partial charge in [-0.1, -0.05) is 13.3 Å². The molecule has 1 heterocycles. The molecule has 0 spiro atoms. The predicted molar refractivity (Wildman–Crippen MR) is 66.2 cm³/mol. The minimum absolute atomic E-state index is 0.182. The van der Waals surface area contributed by atoms with Crippen molar-refractivity contribution in [3.8, 4) is 0 Å². The summed E-state index contributed by atoms with van der Waals surface area (Å²) < 4.78 is 37.2. The second-order valence-electron chi connectivity index (χ2n) is 4.56. The Kier molecular flexibility index (Phi) is 6.44. The molecule has 0 radical (unpaired) electrons. The molecule has 1 rings (SSSR count). The van der Waals surface area contributed by atoms with Crippen molar-refractivity contribution in [2.75, 3.05) is 34.0 Å². The van der Waals surface area contributed by atoms with Gasteiger partial charge in [0.15, 0.2) is 12.6 Å². The van der Waals surface area contributed by atoms with Gasteiger partial charge in [0.25, 0.3) is 0 Å². The van der Waals surface area contributed by atoms with E-state index in [0.29, 0.717) is 6.42 Å². The van der Waals surface area contributed by atoms with Gasteiger partial charge in [-0.2, -0.15) is 0 Å². The molecular formula is C12H22F2N2O3. The first-order chi connectivity index (χ1) is 9.06. The van der Waals surface area contributed by atoms with Crippen LogP contribution in [0, 0.1) is 0 Å². The van der Waals surface area contributed by atoms with Crippen molar-refractivity contribution in [2.24, 2.45) is 0 Å². The van der Waals surface area contributed by atoms with Gasteiger partial charge >= 0.3 is 6.03 Å². The SMILES string of the molecule is CCCC1CN(C(F)COC)C(=O)N1C(F)COC. The van der Waals surface area contributed by atoms with Crippen molar-refractivity contribution < 1.29 is 23.0 Å². The Balaban J connectivity index is 2.78.